The van der Waals surface area contributed by atoms with Gasteiger partial charge in [0.1, 0.15) is 0 Å². The zero-order valence-electron chi connectivity index (χ0n) is 13.3. The highest BCUT2D eigenvalue weighted by atomic mass is 16.7. The fourth-order valence-electron chi connectivity index (χ4n) is 3.38. The zero-order chi connectivity index (χ0) is 14.5. The Labute approximate surface area is 123 Å². The molecule has 1 fully saturated rings. The van der Waals surface area contributed by atoms with Crippen LogP contribution in [0.1, 0.15) is 64.5 Å². The second-order valence-electron chi connectivity index (χ2n) is 7.15. The van der Waals surface area contributed by atoms with Crippen molar-refractivity contribution in [2.45, 2.75) is 71.0 Å². The number of benzene rings is 1. The number of fused-ring (bicyclic) bond motifs is 1. The third-order valence-electron chi connectivity index (χ3n) is 5.43. The Morgan fingerprint density at radius 2 is 1.80 bits per heavy atom. The molecule has 0 radical (unpaired) electrons. The van der Waals surface area contributed by atoms with Crippen molar-refractivity contribution in [1.29, 1.82) is 0 Å². The highest BCUT2D eigenvalue weighted by Gasteiger charge is 2.52. The molecular weight excluding hydrogens is 247 g/mol. The Bertz CT molecular complexity index is 506. The van der Waals surface area contributed by atoms with Crippen LogP contribution in [-0.4, -0.2) is 18.3 Å². The molecule has 2 nitrogen and oxygen atoms in total. The smallest absolute Gasteiger partial charge is 0.399 e. The van der Waals surface area contributed by atoms with Crippen LogP contribution in [0, 0.1) is 0 Å². The van der Waals surface area contributed by atoms with Gasteiger partial charge in [0.15, 0.2) is 0 Å². The maximum Gasteiger partial charge on any atom is 0.495 e. The van der Waals surface area contributed by atoms with E-state index in [2.05, 4.69) is 52.8 Å². The first-order valence-corrected chi connectivity index (χ1v) is 7.83. The maximum absolute atomic E-state index is 6.22. The molecule has 3 heteroatoms. The summed E-state index contributed by atoms with van der Waals surface area (Å²) < 4.78 is 12.4. The molecule has 0 bridgehead atoms. The predicted octanol–water partition coefficient (Wildman–Crippen LogP) is 3.43. The first kappa shape index (κ1) is 14.2. The molecule has 1 aromatic rings. The van der Waals surface area contributed by atoms with Crippen molar-refractivity contribution in [3.05, 3.63) is 29.3 Å². The first-order chi connectivity index (χ1) is 9.36. The summed E-state index contributed by atoms with van der Waals surface area (Å²) in [7, 11) is -0.217. The molecule has 20 heavy (non-hydrogen) atoms. The van der Waals surface area contributed by atoms with E-state index < -0.39 is 0 Å². The van der Waals surface area contributed by atoms with Gasteiger partial charge in [-0.3, -0.25) is 0 Å². The van der Waals surface area contributed by atoms with E-state index in [1.807, 2.05) is 0 Å². The van der Waals surface area contributed by atoms with Gasteiger partial charge in [0, 0.05) is 0 Å². The van der Waals surface area contributed by atoms with Crippen LogP contribution in [-0.2, 0) is 15.7 Å². The molecule has 0 spiro atoms. The second-order valence-corrected chi connectivity index (χ2v) is 7.15. The molecule has 0 N–H and O–H groups in total. The fraction of sp³-hybridized carbons (Fsp3) is 0.647. The van der Waals surface area contributed by atoms with Crippen molar-refractivity contribution in [2.24, 2.45) is 0 Å². The first-order valence-electron chi connectivity index (χ1n) is 7.83. The SMILES string of the molecule is CC[C@H]1CCc2c(B3OC(C)(C)C(C)(C)O3)cccc21. The van der Waals surface area contributed by atoms with Crippen LogP contribution < -0.4 is 5.46 Å². The molecule has 1 aliphatic carbocycles. The van der Waals surface area contributed by atoms with Crippen LogP contribution in [0.4, 0.5) is 0 Å². The van der Waals surface area contributed by atoms with Crippen molar-refractivity contribution in [1.82, 2.24) is 0 Å². The Morgan fingerprint density at radius 3 is 2.40 bits per heavy atom. The minimum Gasteiger partial charge on any atom is -0.399 e. The summed E-state index contributed by atoms with van der Waals surface area (Å²) >= 11 is 0. The number of hydrogen-bond acceptors (Lipinski definition) is 2. The average molecular weight is 272 g/mol. The summed E-state index contributed by atoms with van der Waals surface area (Å²) in [6.07, 6.45) is 3.65. The molecule has 0 saturated carbocycles. The standard InChI is InChI=1S/C17H25BO2/c1-6-12-10-11-14-13(12)8-7-9-15(14)18-19-16(2,3)17(4,5)20-18/h7-9,12H,6,10-11H2,1-5H3/t12-/m0/s1. The van der Waals surface area contributed by atoms with Gasteiger partial charge in [0.05, 0.1) is 11.2 Å². The van der Waals surface area contributed by atoms with Crippen molar-refractivity contribution >= 4 is 12.6 Å². The van der Waals surface area contributed by atoms with Gasteiger partial charge < -0.3 is 9.31 Å². The molecule has 1 aromatic carbocycles. The summed E-state index contributed by atoms with van der Waals surface area (Å²) in [5.74, 6) is 0.715. The Morgan fingerprint density at radius 1 is 1.15 bits per heavy atom. The highest BCUT2D eigenvalue weighted by Crippen LogP contribution is 2.39. The molecule has 1 atom stereocenters. The van der Waals surface area contributed by atoms with E-state index in [-0.39, 0.29) is 18.3 Å². The van der Waals surface area contributed by atoms with Gasteiger partial charge in [0.25, 0.3) is 0 Å². The minimum atomic E-state index is -0.261. The lowest BCUT2D eigenvalue weighted by Crippen LogP contribution is -2.41. The highest BCUT2D eigenvalue weighted by molar-refractivity contribution is 6.62. The summed E-state index contributed by atoms with van der Waals surface area (Å²) in [5, 5.41) is 0. The van der Waals surface area contributed by atoms with E-state index in [4.69, 9.17) is 9.31 Å². The fourth-order valence-corrected chi connectivity index (χ4v) is 3.38. The Hall–Kier alpha value is -0.795. The third-order valence-corrected chi connectivity index (χ3v) is 5.43. The van der Waals surface area contributed by atoms with Crippen molar-refractivity contribution in [3.63, 3.8) is 0 Å². The van der Waals surface area contributed by atoms with Crippen LogP contribution in [0.5, 0.6) is 0 Å². The van der Waals surface area contributed by atoms with Gasteiger partial charge in [-0.05, 0) is 69.5 Å². The molecule has 3 rings (SSSR count). The molecule has 2 aliphatic rings. The zero-order valence-corrected chi connectivity index (χ0v) is 13.3. The van der Waals surface area contributed by atoms with Gasteiger partial charge in [-0.1, -0.05) is 25.1 Å². The number of hydrogen-bond donors (Lipinski definition) is 0. The minimum absolute atomic E-state index is 0.217. The molecule has 0 aromatic heterocycles. The van der Waals surface area contributed by atoms with Gasteiger partial charge in [-0.2, -0.15) is 0 Å². The van der Waals surface area contributed by atoms with E-state index in [1.54, 1.807) is 0 Å². The van der Waals surface area contributed by atoms with Crippen molar-refractivity contribution < 1.29 is 9.31 Å². The van der Waals surface area contributed by atoms with E-state index in [0.717, 1.165) is 6.42 Å². The van der Waals surface area contributed by atoms with Crippen LogP contribution in [0.3, 0.4) is 0 Å². The van der Waals surface area contributed by atoms with Crippen molar-refractivity contribution in [3.8, 4) is 0 Å². The monoisotopic (exact) mass is 272 g/mol. The average Bonchev–Trinajstić information content (AvgIpc) is 2.88. The second kappa shape index (κ2) is 4.61. The van der Waals surface area contributed by atoms with Gasteiger partial charge in [0.2, 0.25) is 0 Å². The third kappa shape index (κ3) is 2.03. The van der Waals surface area contributed by atoms with E-state index in [0.29, 0.717) is 5.92 Å². The lowest BCUT2D eigenvalue weighted by atomic mass is 9.74. The number of rotatable bonds is 2. The topological polar surface area (TPSA) is 18.5 Å². The molecule has 1 saturated heterocycles. The van der Waals surface area contributed by atoms with E-state index in [1.165, 1.54) is 29.4 Å². The summed E-state index contributed by atoms with van der Waals surface area (Å²) in [6.45, 7) is 10.7. The van der Waals surface area contributed by atoms with Crippen LogP contribution in [0.2, 0.25) is 0 Å². The summed E-state index contributed by atoms with van der Waals surface area (Å²) in [4.78, 5) is 0. The van der Waals surface area contributed by atoms with Crippen molar-refractivity contribution in [2.75, 3.05) is 0 Å². The summed E-state index contributed by atoms with van der Waals surface area (Å²) in [5.41, 5.74) is 3.71. The van der Waals surface area contributed by atoms with E-state index in [9.17, 15) is 0 Å². The quantitative estimate of drug-likeness (QED) is 0.768. The lowest BCUT2D eigenvalue weighted by molar-refractivity contribution is 0.00578. The van der Waals surface area contributed by atoms with Crippen LogP contribution in [0.15, 0.2) is 18.2 Å². The molecule has 0 amide bonds. The molecule has 108 valence electrons. The molecule has 1 heterocycles. The normalized spacial score (nSPS) is 26.9. The molecule has 0 unspecified atom stereocenters. The lowest BCUT2D eigenvalue weighted by Gasteiger charge is -2.32. The largest absolute Gasteiger partial charge is 0.495 e. The summed E-state index contributed by atoms with van der Waals surface area (Å²) in [6, 6.07) is 6.62. The maximum atomic E-state index is 6.22. The van der Waals surface area contributed by atoms with Gasteiger partial charge in [-0.15, -0.1) is 0 Å². The predicted molar refractivity (Wildman–Crippen MR) is 83.5 cm³/mol. The Balaban J connectivity index is 1.96. The van der Waals surface area contributed by atoms with Gasteiger partial charge in [-0.25, -0.2) is 0 Å². The molecule has 1 aliphatic heterocycles. The van der Waals surface area contributed by atoms with E-state index >= 15 is 0 Å². The van der Waals surface area contributed by atoms with Crippen LogP contribution >= 0.6 is 0 Å². The molecular formula is C17H25BO2. The Kier molecular flexibility index (Phi) is 3.26. The van der Waals surface area contributed by atoms with Crippen LogP contribution in [0.25, 0.3) is 0 Å². The van der Waals surface area contributed by atoms with Gasteiger partial charge >= 0.3 is 7.12 Å².